The molecule has 0 amide bonds. The number of hydrogen-bond acceptors (Lipinski definition) is 8. The van der Waals surface area contributed by atoms with Gasteiger partial charge in [0.05, 0.1) is 22.6 Å². The SMILES string of the molecule is CC.N#CCNc1cc(-n2ncc3cncnc32)ncc1[N+](=O)[O-]. The lowest BCUT2D eigenvalue weighted by Gasteiger charge is -2.06. The zero-order valence-corrected chi connectivity index (χ0v) is 13.0. The Labute approximate surface area is 136 Å². The number of rotatable bonds is 4. The van der Waals surface area contributed by atoms with Crippen LogP contribution in [0.1, 0.15) is 13.8 Å². The second-order valence-electron chi connectivity index (χ2n) is 4.19. The van der Waals surface area contributed by atoms with E-state index in [1.54, 1.807) is 12.4 Å². The maximum absolute atomic E-state index is 11.0. The van der Waals surface area contributed by atoms with Gasteiger partial charge in [0.1, 0.15) is 24.8 Å². The summed E-state index contributed by atoms with van der Waals surface area (Å²) in [5, 5.41) is 27.2. The molecule has 1 N–H and O–H groups in total. The summed E-state index contributed by atoms with van der Waals surface area (Å²) in [7, 11) is 0. The molecule has 0 atom stereocenters. The third-order valence-corrected chi connectivity index (χ3v) is 2.87. The zero-order valence-electron chi connectivity index (χ0n) is 13.0. The number of nitro groups is 1. The maximum Gasteiger partial charge on any atom is 0.310 e. The maximum atomic E-state index is 11.0. The highest BCUT2D eigenvalue weighted by Gasteiger charge is 2.17. The van der Waals surface area contributed by atoms with Crippen molar-refractivity contribution in [1.29, 1.82) is 5.26 Å². The standard InChI is InChI=1S/C12H8N8O2.C2H6/c13-1-2-15-9-3-11(16-6-10(9)20(21)22)19-12-8(5-18-19)4-14-7-17-12;1-2/h3-7H,2H2,(H,15,16);1-2H3. The van der Waals surface area contributed by atoms with Gasteiger partial charge in [-0.2, -0.15) is 15.0 Å². The van der Waals surface area contributed by atoms with Crippen LogP contribution in [0, 0.1) is 21.4 Å². The first-order valence-electron chi connectivity index (χ1n) is 7.10. The fraction of sp³-hybridized carbons (Fsp3) is 0.214. The van der Waals surface area contributed by atoms with Crippen molar-refractivity contribution in [3.63, 3.8) is 0 Å². The average Bonchev–Trinajstić information content (AvgIpc) is 3.05. The number of fused-ring (bicyclic) bond motifs is 1. The summed E-state index contributed by atoms with van der Waals surface area (Å²) >= 11 is 0. The van der Waals surface area contributed by atoms with Crippen LogP contribution in [-0.4, -0.2) is 36.2 Å². The molecule has 0 spiro atoms. The predicted octanol–water partition coefficient (Wildman–Crippen LogP) is 2.08. The van der Waals surface area contributed by atoms with Crippen LogP contribution in [-0.2, 0) is 0 Å². The Hall–Kier alpha value is -3.61. The van der Waals surface area contributed by atoms with E-state index in [0.717, 1.165) is 6.20 Å². The van der Waals surface area contributed by atoms with Gasteiger partial charge < -0.3 is 5.32 Å². The van der Waals surface area contributed by atoms with Gasteiger partial charge in [-0.05, 0) is 0 Å². The molecular formula is C14H14N8O2. The second kappa shape index (κ2) is 7.59. The van der Waals surface area contributed by atoms with Crippen molar-refractivity contribution >= 4 is 22.4 Å². The lowest BCUT2D eigenvalue weighted by Crippen LogP contribution is -2.06. The molecular weight excluding hydrogens is 312 g/mol. The Morgan fingerprint density at radius 1 is 1.33 bits per heavy atom. The Morgan fingerprint density at radius 3 is 2.83 bits per heavy atom. The average molecular weight is 326 g/mol. The van der Waals surface area contributed by atoms with Gasteiger partial charge in [-0.25, -0.2) is 15.0 Å². The fourth-order valence-corrected chi connectivity index (χ4v) is 1.92. The quantitative estimate of drug-likeness (QED) is 0.437. The molecule has 3 heterocycles. The first-order valence-corrected chi connectivity index (χ1v) is 7.10. The van der Waals surface area contributed by atoms with E-state index >= 15 is 0 Å². The highest BCUT2D eigenvalue weighted by Crippen LogP contribution is 2.25. The summed E-state index contributed by atoms with van der Waals surface area (Å²) in [6, 6.07) is 3.32. The lowest BCUT2D eigenvalue weighted by atomic mass is 10.3. The van der Waals surface area contributed by atoms with Crippen LogP contribution in [0.25, 0.3) is 16.9 Å². The van der Waals surface area contributed by atoms with Crippen molar-refractivity contribution in [2.24, 2.45) is 0 Å². The van der Waals surface area contributed by atoms with Crippen LogP contribution < -0.4 is 5.32 Å². The number of aromatic nitrogens is 5. The monoisotopic (exact) mass is 326 g/mol. The number of hydrogen-bond donors (Lipinski definition) is 1. The Bertz CT molecular complexity index is 899. The second-order valence-corrected chi connectivity index (χ2v) is 4.19. The van der Waals surface area contributed by atoms with Crippen LogP contribution in [0.15, 0.2) is 31.0 Å². The van der Waals surface area contributed by atoms with Gasteiger partial charge in [-0.15, -0.1) is 0 Å². The summed E-state index contributed by atoms with van der Waals surface area (Å²) in [5.41, 5.74) is 0.502. The van der Waals surface area contributed by atoms with Crippen LogP contribution in [0.4, 0.5) is 11.4 Å². The largest absolute Gasteiger partial charge is 0.367 e. The minimum Gasteiger partial charge on any atom is -0.367 e. The Morgan fingerprint density at radius 2 is 2.12 bits per heavy atom. The smallest absolute Gasteiger partial charge is 0.310 e. The zero-order chi connectivity index (χ0) is 17.5. The molecule has 0 aliphatic rings. The van der Waals surface area contributed by atoms with Crippen LogP contribution >= 0.6 is 0 Å². The van der Waals surface area contributed by atoms with Gasteiger partial charge >= 0.3 is 5.69 Å². The molecule has 3 aromatic rings. The molecule has 0 bridgehead atoms. The molecule has 3 rings (SSSR count). The summed E-state index contributed by atoms with van der Waals surface area (Å²) in [5.74, 6) is 0.347. The molecule has 10 nitrogen and oxygen atoms in total. The van der Waals surface area contributed by atoms with Crippen molar-refractivity contribution < 1.29 is 4.92 Å². The summed E-state index contributed by atoms with van der Waals surface area (Å²) in [6.45, 7) is 3.94. The molecule has 0 aromatic carbocycles. The van der Waals surface area contributed by atoms with Gasteiger partial charge in [-0.1, -0.05) is 13.8 Å². The highest BCUT2D eigenvalue weighted by atomic mass is 16.6. The van der Waals surface area contributed by atoms with E-state index < -0.39 is 4.92 Å². The third-order valence-electron chi connectivity index (χ3n) is 2.87. The topological polar surface area (TPSA) is 135 Å². The Kier molecular flexibility index (Phi) is 5.30. The van der Waals surface area contributed by atoms with Gasteiger partial charge in [-0.3, -0.25) is 10.1 Å². The van der Waals surface area contributed by atoms with Crippen molar-refractivity contribution in [2.75, 3.05) is 11.9 Å². The van der Waals surface area contributed by atoms with E-state index in [4.69, 9.17) is 5.26 Å². The van der Waals surface area contributed by atoms with E-state index in [9.17, 15) is 10.1 Å². The predicted molar refractivity (Wildman–Crippen MR) is 86.6 cm³/mol. The number of anilines is 1. The molecule has 3 aromatic heterocycles. The van der Waals surface area contributed by atoms with E-state index in [-0.39, 0.29) is 17.9 Å². The van der Waals surface area contributed by atoms with Crippen molar-refractivity contribution in [1.82, 2.24) is 24.7 Å². The summed E-state index contributed by atoms with van der Waals surface area (Å²) < 4.78 is 1.44. The first-order chi connectivity index (χ1) is 11.7. The van der Waals surface area contributed by atoms with Gasteiger partial charge in [0.2, 0.25) is 0 Å². The van der Waals surface area contributed by atoms with E-state index in [2.05, 4.69) is 25.4 Å². The molecule has 0 saturated carbocycles. The van der Waals surface area contributed by atoms with Crippen LogP contribution in [0.2, 0.25) is 0 Å². The van der Waals surface area contributed by atoms with E-state index in [0.29, 0.717) is 16.9 Å². The van der Waals surface area contributed by atoms with Crippen molar-refractivity contribution in [3.05, 3.63) is 41.1 Å². The molecule has 122 valence electrons. The number of nitrogens with one attached hydrogen (secondary N) is 1. The third kappa shape index (κ3) is 3.25. The van der Waals surface area contributed by atoms with Crippen molar-refractivity contribution in [3.8, 4) is 11.9 Å². The fourth-order valence-electron chi connectivity index (χ4n) is 1.92. The molecule has 0 radical (unpaired) electrons. The molecule has 0 fully saturated rings. The Balaban J connectivity index is 0.00000100. The number of nitriles is 1. The van der Waals surface area contributed by atoms with Gasteiger partial charge in [0, 0.05) is 12.3 Å². The minimum atomic E-state index is -0.570. The molecule has 0 unspecified atom stereocenters. The van der Waals surface area contributed by atoms with E-state index in [1.807, 2.05) is 19.9 Å². The summed E-state index contributed by atoms with van der Waals surface area (Å²) in [4.78, 5) is 22.5. The van der Waals surface area contributed by atoms with Crippen LogP contribution in [0.5, 0.6) is 0 Å². The number of nitrogens with zero attached hydrogens (tertiary/aromatic N) is 7. The van der Waals surface area contributed by atoms with E-state index in [1.165, 1.54) is 17.1 Å². The normalized spacial score (nSPS) is 9.71. The molecule has 0 aliphatic carbocycles. The highest BCUT2D eigenvalue weighted by molar-refractivity contribution is 5.75. The molecule has 0 aliphatic heterocycles. The number of pyridine rings is 1. The van der Waals surface area contributed by atoms with Gasteiger partial charge in [0.15, 0.2) is 11.5 Å². The van der Waals surface area contributed by atoms with Crippen LogP contribution in [0.3, 0.4) is 0 Å². The molecule has 10 heteroatoms. The molecule has 0 saturated heterocycles. The first kappa shape index (κ1) is 16.8. The van der Waals surface area contributed by atoms with Gasteiger partial charge in [0.25, 0.3) is 0 Å². The minimum absolute atomic E-state index is 0.0632. The molecule has 24 heavy (non-hydrogen) atoms. The van der Waals surface area contributed by atoms with Crippen molar-refractivity contribution in [2.45, 2.75) is 13.8 Å². The summed E-state index contributed by atoms with van der Waals surface area (Å²) in [6.07, 6.45) is 5.66. The lowest BCUT2D eigenvalue weighted by molar-refractivity contribution is -0.384.